The van der Waals surface area contributed by atoms with Crippen molar-refractivity contribution in [2.24, 2.45) is 0 Å². The van der Waals surface area contributed by atoms with Gasteiger partial charge in [0.25, 0.3) is 0 Å². The number of ether oxygens (including phenoxy) is 3. The van der Waals surface area contributed by atoms with Crippen LogP contribution in [-0.2, 0) is 11.2 Å². The van der Waals surface area contributed by atoms with E-state index in [1.54, 1.807) is 38.5 Å². The highest BCUT2D eigenvalue weighted by molar-refractivity contribution is 6.02. The average Bonchev–Trinajstić information content (AvgIpc) is 3.08. The predicted molar refractivity (Wildman–Crippen MR) is 92.9 cm³/mol. The maximum atomic E-state index is 12.1. The number of benzene rings is 2. The Bertz CT molecular complexity index is 783. The van der Waals surface area contributed by atoms with E-state index < -0.39 is 0 Å². The molecule has 0 bridgehead atoms. The van der Waals surface area contributed by atoms with Crippen LogP contribution in [0.3, 0.4) is 0 Å². The van der Waals surface area contributed by atoms with Crippen molar-refractivity contribution >= 4 is 17.7 Å². The lowest BCUT2D eigenvalue weighted by Gasteiger charge is -2.10. The van der Waals surface area contributed by atoms with E-state index in [1.807, 2.05) is 18.2 Å². The molecule has 1 N–H and O–H groups in total. The van der Waals surface area contributed by atoms with Crippen molar-refractivity contribution in [1.82, 2.24) is 0 Å². The molecule has 0 atom stereocenters. The second-order valence-corrected chi connectivity index (χ2v) is 5.35. The fraction of sp³-hybridized carbons (Fsp3) is 0.211. The van der Waals surface area contributed by atoms with Gasteiger partial charge in [0.2, 0.25) is 5.91 Å². The highest BCUT2D eigenvalue weighted by Crippen LogP contribution is 2.29. The lowest BCUT2D eigenvalue weighted by molar-refractivity contribution is -0.111. The molecule has 1 aliphatic heterocycles. The summed E-state index contributed by atoms with van der Waals surface area (Å²) in [6.45, 7) is 0.722. The number of carbonyl (C=O) groups is 1. The molecule has 124 valence electrons. The average molecular weight is 325 g/mol. The predicted octanol–water partition coefficient (Wildman–Crippen LogP) is 3.29. The van der Waals surface area contributed by atoms with Gasteiger partial charge in [0.15, 0.2) is 0 Å². The molecule has 1 amide bonds. The molecule has 1 aliphatic rings. The van der Waals surface area contributed by atoms with Gasteiger partial charge in [-0.3, -0.25) is 4.79 Å². The Labute approximate surface area is 140 Å². The highest BCUT2D eigenvalue weighted by Gasteiger charge is 2.11. The summed E-state index contributed by atoms with van der Waals surface area (Å²) in [6, 6.07) is 11.1. The second-order valence-electron chi connectivity index (χ2n) is 5.35. The third-order valence-corrected chi connectivity index (χ3v) is 3.81. The molecule has 3 rings (SSSR count). The minimum absolute atomic E-state index is 0.227. The van der Waals surface area contributed by atoms with Crippen molar-refractivity contribution in [2.75, 3.05) is 26.1 Å². The number of rotatable bonds is 5. The lowest BCUT2D eigenvalue weighted by Crippen LogP contribution is -2.09. The maximum Gasteiger partial charge on any atom is 0.248 e. The Kier molecular flexibility index (Phi) is 4.70. The summed E-state index contributed by atoms with van der Waals surface area (Å²) in [5.74, 6) is 1.92. The van der Waals surface area contributed by atoms with Crippen LogP contribution in [0.25, 0.3) is 6.08 Å². The van der Waals surface area contributed by atoms with Crippen LogP contribution in [0, 0.1) is 0 Å². The van der Waals surface area contributed by atoms with Gasteiger partial charge in [-0.2, -0.15) is 0 Å². The molecule has 0 aromatic heterocycles. The van der Waals surface area contributed by atoms with Crippen LogP contribution in [0.4, 0.5) is 5.69 Å². The largest absolute Gasteiger partial charge is 0.497 e. The molecule has 24 heavy (non-hydrogen) atoms. The summed E-state index contributed by atoms with van der Waals surface area (Å²) in [5, 5.41) is 2.80. The van der Waals surface area contributed by atoms with E-state index >= 15 is 0 Å². The van der Waals surface area contributed by atoms with Gasteiger partial charge in [0.1, 0.15) is 17.2 Å². The standard InChI is InChI=1S/C19H19NO4/c1-22-15-5-6-16(18(12-15)23-2)20-19(21)8-4-13-3-7-17-14(11-13)9-10-24-17/h3-8,11-12H,9-10H2,1-2H3,(H,20,21). The van der Waals surface area contributed by atoms with Crippen LogP contribution in [0.1, 0.15) is 11.1 Å². The summed E-state index contributed by atoms with van der Waals surface area (Å²) < 4.78 is 15.9. The Balaban J connectivity index is 1.69. The normalized spacial score (nSPS) is 12.6. The van der Waals surface area contributed by atoms with E-state index in [9.17, 15) is 4.79 Å². The minimum Gasteiger partial charge on any atom is -0.497 e. The van der Waals surface area contributed by atoms with Gasteiger partial charge < -0.3 is 19.5 Å². The quantitative estimate of drug-likeness (QED) is 0.857. The zero-order valence-electron chi connectivity index (χ0n) is 13.7. The number of amides is 1. The van der Waals surface area contributed by atoms with Crippen molar-refractivity contribution in [3.05, 3.63) is 53.6 Å². The molecular weight excluding hydrogens is 306 g/mol. The summed E-state index contributed by atoms with van der Waals surface area (Å²) in [6.07, 6.45) is 4.19. The Morgan fingerprint density at radius 2 is 2.04 bits per heavy atom. The van der Waals surface area contributed by atoms with Crippen LogP contribution in [0.5, 0.6) is 17.2 Å². The zero-order valence-corrected chi connectivity index (χ0v) is 13.7. The van der Waals surface area contributed by atoms with Gasteiger partial charge in [0.05, 0.1) is 26.5 Å². The number of methoxy groups -OCH3 is 2. The van der Waals surface area contributed by atoms with E-state index in [0.717, 1.165) is 24.3 Å². The Morgan fingerprint density at radius 3 is 2.83 bits per heavy atom. The summed E-state index contributed by atoms with van der Waals surface area (Å²) in [7, 11) is 3.13. The van der Waals surface area contributed by atoms with Gasteiger partial charge in [0, 0.05) is 18.6 Å². The molecule has 0 radical (unpaired) electrons. The monoisotopic (exact) mass is 325 g/mol. The summed E-state index contributed by atoms with van der Waals surface area (Å²) in [5.41, 5.74) is 2.74. The highest BCUT2D eigenvalue weighted by atomic mass is 16.5. The van der Waals surface area contributed by atoms with Gasteiger partial charge in [-0.05, 0) is 41.5 Å². The van der Waals surface area contributed by atoms with E-state index in [4.69, 9.17) is 14.2 Å². The Hall–Kier alpha value is -2.95. The molecule has 2 aromatic carbocycles. The SMILES string of the molecule is COc1ccc(NC(=O)C=Cc2ccc3c(c2)CCO3)c(OC)c1. The van der Waals surface area contributed by atoms with Crippen LogP contribution in [0.15, 0.2) is 42.5 Å². The second kappa shape index (κ2) is 7.08. The van der Waals surface area contributed by atoms with Gasteiger partial charge in [-0.1, -0.05) is 6.07 Å². The molecule has 2 aromatic rings. The third-order valence-electron chi connectivity index (χ3n) is 3.81. The zero-order chi connectivity index (χ0) is 16.9. The van der Waals surface area contributed by atoms with Crippen molar-refractivity contribution in [3.63, 3.8) is 0 Å². The Morgan fingerprint density at radius 1 is 1.17 bits per heavy atom. The first-order valence-electron chi connectivity index (χ1n) is 7.66. The van der Waals surface area contributed by atoms with Crippen LogP contribution in [0.2, 0.25) is 0 Å². The molecule has 1 heterocycles. The van der Waals surface area contributed by atoms with E-state index in [1.165, 1.54) is 11.6 Å². The van der Waals surface area contributed by atoms with E-state index in [0.29, 0.717) is 17.2 Å². The number of hydrogen-bond acceptors (Lipinski definition) is 4. The van der Waals surface area contributed by atoms with E-state index in [-0.39, 0.29) is 5.91 Å². The van der Waals surface area contributed by atoms with Gasteiger partial charge in [-0.25, -0.2) is 0 Å². The topological polar surface area (TPSA) is 56.8 Å². The first-order valence-corrected chi connectivity index (χ1v) is 7.66. The first kappa shape index (κ1) is 15.9. The van der Waals surface area contributed by atoms with Crippen LogP contribution >= 0.6 is 0 Å². The number of carbonyl (C=O) groups excluding carboxylic acids is 1. The van der Waals surface area contributed by atoms with Crippen molar-refractivity contribution < 1.29 is 19.0 Å². The van der Waals surface area contributed by atoms with Crippen molar-refractivity contribution in [1.29, 1.82) is 0 Å². The molecule has 0 aliphatic carbocycles. The van der Waals surface area contributed by atoms with Gasteiger partial charge >= 0.3 is 0 Å². The summed E-state index contributed by atoms with van der Waals surface area (Å²) >= 11 is 0. The molecule has 0 saturated carbocycles. The van der Waals surface area contributed by atoms with E-state index in [2.05, 4.69) is 5.32 Å². The minimum atomic E-state index is -0.227. The fourth-order valence-corrected chi connectivity index (χ4v) is 2.56. The number of nitrogens with one attached hydrogen (secondary N) is 1. The van der Waals surface area contributed by atoms with Gasteiger partial charge in [-0.15, -0.1) is 0 Å². The van der Waals surface area contributed by atoms with Crippen molar-refractivity contribution in [2.45, 2.75) is 6.42 Å². The third kappa shape index (κ3) is 3.51. The molecule has 0 spiro atoms. The van der Waals surface area contributed by atoms with Crippen LogP contribution in [-0.4, -0.2) is 26.7 Å². The molecule has 0 fully saturated rings. The molecule has 0 saturated heterocycles. The number of hydrogen-bond donors (Lipinski definition) is 1. The molecule has 5 heteroatoms. The number of fused-ring (bicyclic) bond motifs is 1. The molecular formula is C19H19NO4. The maximum absolute atomic E-state index is 12.1. The fourth-order valence-electron chi connectivity index (χ4n) is 2.56. The summed E-state index contributed by atoms with van der Waals surface area (Å²) in [4.78, 5) is 12.1. The number of anilines is 1. The molecule has 0 unspecified atom stereocenters. The van der Waals surface area contributed by atoms with Crippen molar-refractivity contribution in [3.8, 4) is 17.2 Å². The first-order chi connectivity index (χ1) is 11.7. The molecule has 5 nitrogen and oxygen atoms in total. The van der Waals surface area contributed by atoms with Crippen LogP contribution < -0.4 is 19.5 Å². The smallest absolute Gasteiger partial charge is 0.248 e. The lowest BCUT2D eigenvalue weighted by atomic mass is 10.1.